The van der Waals surface area contributed by atoms with E-state index in [0.717, 1.165) is 154 Å². The molecule has 19 heteroatoms. The number of aliphatic hydroxyl groups is 1. The molecule has 3 N–H and O–H groups in total. The van der Waals surface area contributed by atoms with Gasteiger partial charge in [-0.15, -0.1) is 0 Å². The first-order valence-electron chi connectivity index (χ1n) is 38.5. The second-order valence-corrected chi connectivity index (χ2v) is 28.9. The van der Waals surface area contributed by atoms with E-state index in [1.54, 1.807) is 0 Å². The number of rotatable bonds is 73. The fourth-order valence-corrected chi connectivity index (χ4v) is 12.1. The van der Waals surface area contributed by atoms with Gasteiger partial charge in [-0.1, -0.05) is 255 Å². The zero-order chi connectivity index (χ0) is 70.4. The smallest absolute Gasteiger partial charge is 0.462 e. The number of carbonyl (C=O) groups is 4. The van der Waals surface area contributed by atoms with Crippen molar-refractivity contribution in [3.8, 4) is 0 Å². The van der Waals surface area contributed by atoms with Gasteiger partial charge in [0, 0.05) is 25.7 Å². The Morgan fingerprint density at radius 3 is 0.792 bits per heavy atom. The molecule has 0 aromatic carbocycles. The Kier molecular flexibility index (Phi) is 67.8. The van der Waals surface area contributed by atoms with Crippen molar-refractivity contribution in [2.75, 3.05) is 39.6 Å². The minimum Gasteiger partial charge on any atom is -0.462 e. The molecule has 17 nitrogen and oxygen atoms in total. The van der Waals surface area contributed by atoms with Crippen molar-refractivity contribution in [3.63, 3.8) is 0 Å². The average molecular weight is 1400 g/mol. The largest absolute Gasteiger partial charge is 0.472 e. The molecule has 560 valence electrons. The maximum Gasteiger partial charge on any atom is 0.472 e. The van der Waals surface area contributed by atoms with E-state index in [2.05, 4.69) is 88.5 Å². The molecular weight excluding hydrogens is 1260 g/mol. The van der Waals surface area contributed by atoms with Gasteiger partial charge in [-0.05, 0) is 128 Å². The normalized spacial score (nSPS) is 14.3. The lowest BCUT2D eigenvalue weighted by atomic mass is 10.1. The third-order valence-corrected chi connectivity index (χ3v) is 18.4. The number of aliphatic hydroxyl groups excluding tert-OH is 1. The van der Waals surface area contributed by atoms with E-state index >= 15 is 0 Å². The Labute approximate surface area is 584 Å². The van der Waals surface area contributed by atoms with Crippen LogP contribution >= 0.6 is 15.6 Å². The van der Waals surface area contributed by atoms with Crippen LogP contribution in [0.5, 0.6) is 0 Å². The first-order valence-corrected chi connectivity index (χ1v) is 41.5. The molecule has 0 aliphatic rings. The molecule has 0 radical (unpaired) electrons. The summed E-state index contributed by atoms with van der Waals surface area (Å²) in [5.74, 6) is -2.19. The van der Waals surface area contributed by atoms with Crippen LogP contribution in [0, 0.1) is 0 Å². The molecule has 0 aromatic heterocycles. The standard InChI is InChI=1S/C77H140O17P2/c1-5-9-13-17-21-25-29-33-35-39-42-46-50-54-58-62-75(80)88-68-73(94-77(82)64-60-56-52-48-44-40-36-34-30-26-22-18-14-10-6-2)70-92-96(85,86)90-66-71(78)65-89-95(83,84)91-69-72(93-76(81)63-59-55-51-47-43-38-32-28-24-20-16-12-8-4)67-87-74(79)61-57-53-49-45-41-37-31-27-23-19-15-11-7-3/h25,27-29,31-36,71-73,78H,5-24,26,30,37-70H2,1-4H3,(H,83,84)(H,85,86)/b29-25-,31-27-,32-28-,35-33-,36-34-/t71-,72+,73+/m0/s1. The maximum absolute atomic E-state index is 13.1. The van der Waals surface area contributed by atoms with Gasteiger partial charge in [0.05, 0.1) is 26.4 Å². The van der Waals surface area contributed by atoms with Gasteiger partial charge in [0.25, 0.3) is 0 Å². The highest BCUT2D eigenvalue weighted by Gasteiger charge is 2.30. The molecule has 0 bridgehead atoms. The summed E-state index contributed by atoms with van der Waals surface area (Å²) in [6.07, 6.45) is 67.7. The van der Waals surface area contributed by atoms with Crippen LogP contribution in [-0.4, -0.2) is 96.7 Å². The van der Waals surface area contributed by atoms with Crippen molar-refractivity contribution in [2.45, 2.75) is 367 Å². The minimum absolute atomic E-state index is 0.0850. The highest BCUT2D eigenvalue weighted by molar-refractivity contribution is 7.47. The number of phosphoric acid groups is 2. The number of unbranched alkanes of at least 4 members (excludes halogenated alkanes) is 38. The number of esters is 4. The van der Waals surface area contributed by atoms with Crippen LogP contribution in [0.15, 0.2) is 60.8 Å². The Morgan fingerprint density at radius 2 is 0.510 bits per heavy atom. The van der Waals surface area contributed by atoms with E-state index in [0.29, 0.717) is 25.7 Å². The molecule has 0 saturated heterocycles. The summed E-state index contributed by atoms with van der Waals surface area (Å²) in [7, 11) is -9.94. The molecule has 0 aliphatic carbocycles. The summed E-state index contributed by atoms with van der Waals surface area (Å²) in [4.78, 5) is 72.8. The lowest BCUT2D eigenvalue weighted by molar-refractivity contribution is -0.161. The summed E-state index contributed by atoms with van der Waals surface area (Å²) in [5.41, 5.74) is 0. The highest BCUT2D eigenvalue weighted by atomic mass is 31.2. The number of phosphoric ester groups is 2. The predicted octanol–water partition coefficient (Wildman–Crippen LogP) is 21.9. The minimum atomic E-state index is -4.97. The molecule has 2 unspecified atom stereocenters. The monoisotopic (exact) mass is 1400 g/mol. The molecule has 0 rings (SSSR count). The van der Waals surface area contributed by atoms with E-state index in [1.165, 1.54) is 116 Å². The second-order valence-electron chi connectivity index (χ2n) is 26.0. The van der Waals surface area contributed by atoms with Crippen LogP contribution in [0.4, 0.5) is 0 Å². The zero-order valence-electron chi connectivity index (χ0n) is 61.1. The van der Waals surface area contributed by atoms with E-state index in [-0.39, 0.29) is 25.7 Å². The fraction of sp³-hybridized carbons (Fsp3) is 0.818. The number of ether oxygens (including phenoxy) is 4. The van der Waals surface area contributed by atoms with E-state index in [9.17, 15) is 43.2 Å². The zero-order valence-corrected chi connectivity index (χ0v) is 62.8. The van der Waals surface area contributed by atoms with Crippen molar-refractivity contribution in [3.05, 3.63) is 60.8 Å². The van der Waals surface area contributed by atoms with Crippen LogP contribution in [-0.2, 0) is 65.4 Å². The molecule has 96 heavy (non-hydrogen) atoms. The number of hydrogen-bond donors (Lipinski definition) is 3. The molecular formula is C77H140O17P2. The van der Waals surface area contributed by atoms with Crippen molar-refractivity contribution in [2.24, 2.45) is 0 Å². The van der Waals surface area contributed by atoms with Crippen LogP contribution < -0.4 is 0 Å². The van der Waals surface area contributed by atoms with Gasteiger partial charge in [0.1, 0.15) is 19.3 Å². The number of allylic oxidation sites excluding steroid dienone is 10. The Bertz CT molecular complexity index is 2060. The molecule has 0 aromatic rings. The highest BCUT2D eigenvalue weighted by Crippen LogP contribution is 2.45. The number of carbonyl (C=O) groups excluding carboxylic acids is 4. The molecule has 0 aliphatic heterocycles. The van der Waals surface area contributed by atoms with Gasteiger partial charge < -0.3 is 33.8 Å². The van der Waals surface area contributed by atoms with E-state index in [4.69, 9.17) is 37.0 Å². The quantitative estimate of drug-likeness (QED) is 0.0128. The molecule has 0 heterocycles. The van der Waals surface area contributed by atoms with Crippen LogP contribution in [0.3, 0.4) is 0 Å². The molecule has 0 saturated carbocycles. The van der Waals surface area contributed by atoms with Crippen LogP contribution in [0.25, 0.3) is 0 Å². The lowest BCUT2D eigenvalue weighted by Gasteiger charge is -2.21. The van der Waals surface area contributed by atoms with Gasteiger partial charge in [0.2, 0.25) is 0 Å². The van der Waals surface area contributed by atoms with Crippen molar-refractivity contribution in [1.29, 1.82) is 0 Å². The van der Waals surface area contributed by atoms with E-state index < -0.39 is 97.5 Å². The third kappa shape index (κ3) is 69.2. The van der Waals surface area contributed by atoms with Gasteiger partial charge in [-0.2, -0.15) is 0 Å². The molecule has 0 spiro atoms. The molecule has 0 fully saturated rings. The summed E-state index contributed by atoms with van der Waals surface area (Å²) in [6.45, 7) is 4.82. The third-order valence-electron chi connectivity index (χ3n) is 16.5. The lowest BCUT2D eigenvalue weighted by Crippen LogP contribution is -2.30. The van der Waals surface area contributed by atoms with Gasteiger partial charge in [-0.25, -0.2) is 9.13 Å². The Hall–Kier alpha value is -3.24. The Balaban J connectivity index is 5.35. The van der Waals surface area contributed by atoms with Crippen molar-refractivity contribution < 1.29 is 80.2 Å². The van der Waals surface area contributed by atoms with E-state index in [1.807, 2.05) is 0 Å². The second kappa shape index (κ2) is 70.2. The first-order chi connectivity index (χ1) is 46.7. The SMILES string of the molecule is CCCCCC/C=C\C=C/CCCCCCCC(=O)OC[C@H](COP(=O)(O)OC[C@@H](O)COP(=O)(O)OC[C@@H](COC(=O)CCCCCCC/C=C\CCCCCC)OC(=O)CCCCCCC/C=C\CCCCCC)OC(=O)CCCCCCC/C=C\CCCCCCCC. The first kappa shape index (κ1) is 92.8. The van der Waals surface area contributed by atoms with Gasteiger partial charge in [-0.3, -0.25) is 37.3 Å². The summed E-state index contributed by atoms with van der Waals surface area (Å²) in [5, 5.41) is 10.6. The van der Waals surface area contributed by atoms with Gasteiger partial charge >= 0.3 is 39.5 Å². The Morgan fingerprint density at radius 1 is 0.292 bits per heavy atom. The van der Waals surface area contributed by atoms with Crippen LogP contribution in [0.1, 0.15) is 349 Å². The molecule has 0 amide bonds. The number of hydrogen-bond acceptors (Lipinski definition) is 15. The van der Waals surface area contributed by atoms with Gasteiger partial charge in [0.15, 0.2) is 12.2 Å². The van der Waals surface area contributed by atoms with Crippen molar-refractivity contribution in [1.82, 2.24) is 0 Å². The average Bonchev–Trinajstić information content (AvgIpc) is 1.36. The topological polar surface area (TPSA) is 237 Å². The van der Waals surface area contributed by atoms with Crippen LogP contribution in [0.2, 0.25) is 0 Å². The van der Waals surface area contributed by atoms with Crippen molar-refractivity contribution >= 4 is 39.5 Å². The fourth-order valence-electron chi connectivity index (χ4n) is 10.5. The maximum atomic E-state index is 13.1. The summed E-state index contributed by atoms with van der Waals surface area (Å²) < 4.78 is 68.4. The predicted molar refractivity (Wildman–Crippen MR) is 390 cm³/mol. The summed E-state index contributed by atoms with van der Waals surface area (Å²) in [6, 6.07) is 0. The summed E-state index contributed by atoms with van der Waals surface area (Å²) >= 11 is 0. The molecule has 5 atom stereocenters.